The van der Waals surface area contributed by atoms with Crippen LogP contribution < -0.4 is 20.1 Å². The molecule has 0 saturated heterocycles. The number of benzene rings is 1. The van der Waals surface area contributed by atoms with Crippen LogP contribution in [0.1, 0.15) is 19.4 Å². The highest BCUT2D eigenvalue weighted by atomic mass is 16.7. The molecule has 0 aromatic heterocycles. The summed E-state index contributed by atoms with van der Waals surface area (Å²) in [6, 6.07) is 6.06. The number of nitrogens with one attached hydrogen (secondary N) is 2. The van der Waals surface area contributed by atoms with E-state index >= 15 is 0 Å². The third-order valence-electron chi connectivity index (χ3n) is 2.83. The van der Waals surface area contributed by atoms with Gasteiger partial charge in [0, 0.05) is 18.6 Å². The van der Waals surface area contributed by atoms with Gasteiger partial charge in [-0.1, -0.05) is 6.07 Å². The van der Waals surface area contributed by atoms with Crippen LogP contribution in [0.25, 0.3) is 0 Å². The fourth-order valence-corrected chi connectivity index (χ4v) is 1.90. The molecule has 0 fully saturated rings. The molecule has 4 nitrogen and oxygen atoms in total. The Kier molecular flexibility index (Phi) is 3.54. The predicted molar refractivity (Wildman–Crippen MR) is 67.4 cm³/mol. The van der Waals surface area contributed by atoms with Crippen molar-refractivity contribution in [3.8, 4) is 11.5 Å². The molecule has 0 radical (unpaired) electrons. The summed E-state index contributed by atoms with van der Waals surface area (Å²) in [5.74, 6) is 1.68. The normalized spacial score (nSPS) is 14.1. The number of fused-ring (bicyclic) bond motifs is 1. The van der Waals surface area contributed by atoms with Gasteiger partial charge in [-0.15, -0.1) is 0 Å². The van der Waals surface area contributed by atoms with Crippen LogP contribution in [0.5, 0.6) is 11.5 Å². The standard InChI is InChI=1S/C13H20N2O2/c1-13(2,8-14-3)15-7-10-4-5-11-12(6-10)17-9-16-11/h4-6,14-15H,7-9H2,1-3H3. The van der Waals surface area contributed by atoms with Crippen molar-refractivity contribution < 1.29 is 9.47 Å². The van der Waals surface area contributed by atoms with Gasteiger partial charge in [0.25, 0.3) is 0 Å². The van der Waals surface area contributed by atoms with Crippen molar-refractivity contribution in [1.82, 2.24) is 10.6 Å². The van der Waals surface area contributed by atoms with E-state index < -0.39 is 0 Å². The highest BCUT2D eigenvalue weighted by Gasteiger charge is 2.17. The van der Waals surface area contributed by atoms with Crippen molar-refractivity contribution in [1.29, 1.82) is 0 Å². The highest BCUT2D eigenvalue weighted by Crippen LogP contribution is 2.32. The van der Waals surface area contributed by atoms with Gasteiger partial charge in [-0.2, -0.15) is 0 Å². The molecule has 0 amide bonds. The largest absolute Gasteiger partial charge is 0.454 e. The second-order valence-electron chi connectivity index (χ2n) is 4.96. The summed E-state index contributed by atoms with van der Waals surface area (Å²) in [5.41, 5.74) is 1.28. The molecule has 0 saturated carbocycles. The molecule has 0 unspecified atom stereocenters. The average molecular weight is 236 g/mol. The Labute approximate surface area is 102 Å². The molecule has 1 heterocycles. The molecular weight excluding hydrogens is 216 g/mol. The Morgan fingerprint density at radius 3 is 2.76 bits per heavy atom. The number of ether oxygens (including phenoxy) is 2. The number of likely N-dealkylation sites (N-methyl/N-ethyl adjacent to an activating group) is 1. The summed E-state index contributed by atoms with van der Waals surface area (Å²) in [5, 5.41) is 6.69. The van der Waals surface area contributed by atoms with Gasteiger partial charge in [0.15, 0.2) is 11.5 Å². The van der Waals surface area contributed by atoms with E-state index in [0.717, 1.165) is 24.6 Å². The summed E-state index contributed by atoms with van der Waals surface area (Å²) in [6.07, 6.45) is 0. The lowest BCUT2D eigenvalue weighted by atomic mass is 10.1. The first kappa shape index (κ1) is 12.2. The first-order valence-corrected chi connectivity index (χ1v) is 5.89. The van der Waals surface area contributed by atoms with Gasteiger partial charge in [-0.25, -0.2) is 0 Å². The zero-order valence-corrected chi connectivity index (χ0v) is 10.7. The van der Waals surface area contributed by atoms with Crippen LogP contribution >= 0.6 is 0 Å². The van der Waals surface area contributed by atoms with Crippen molar-refractivity contribution in [2.75, 3.05) is 20.4 Å². The lowest BCUT2D eigenvalue weighted by Gasteiger charge is -2.26. The molecule has 1 aliphatic rings. The zero-order chi connectivity index (χ0) is 12.3. The van der Waals surface area contributed by atoms with E-state index in [1.807, 2.05) is 19.2 Å². The van der Waals surface area contributed by atoms with Crippen LogP contribution in [-0.4, -0.2) is 25.9 Å². The van der Waals surface area contributed by atoms with Crippen molar-refractivity contribution in [3.63, 3.8) is 0 Å². The van der Waals surface area contributed by atoms with Gasteiger partial charge in [0.1, 0.15) is 0 Å². The van der Waals surface area contributed by atoms with Gasteiger partial charge in [-0.3, -0.25) is 0 Å². The van der Waals surface area contributed by atoms with E-state index in [0.29, 0.717) is 6.79 Å². The van der Waals surface area contributed by atoms with E-state index in [4.69, 9.17) is 9.47 Å². The maximum absolute atomic E-state index is 5.36. The minimum atomic E-state index is 0.0745. The molecule has 4 heteroatoms. The van der Waals surface area contributed by atoms with Gasteiger partial charge in [0.2, 0.25) is 6.79 Å². The third kappa shape index (κ3) is 3.11. The van der Waals surface area contributed by atoms with Crippen LogP contribution in [0.15, 0.2) is 18.2 Å². The Morgan fingerprint density at radius 2 is 2.00 bits per heavy atom. The lowest BCUT2D eigenvalue weighted by Crippen LogP contribution is -2.46. The Balaban J connectivity index is 1.95. The maximum Gasteiger partial charge on any atom is 0.231 e. The first-order valence-electron chi connectivity index (χ1n) is 5.89. The molecule has 1 aliphatic heterocycles. The molecule has 1 aromatic rings. The summed E-state index contributed by atoms with van der Waals surface area (Å²) < 4.78 is 10.6. The number of hydrogen-bond donors (Lipinski definition) is 2. The molecule has 94 valence electrons. The van der Waals surface area contributed by atoms with Crippen molar-refractivity contribution in [3.05, 3.63) is 23.8 Å². The molecule has 1 aromatic carbocycles. The molecule has 0 bridgehead atoms. The van der Waals surface area contributed by atoms with Gasteiger partial charge in [-0.05, 0) is 38.6 Å². The predicted octanol–water partition coefficient (Wildman–Crippen LogP) is 1.50. The molecule has 0 atom stereocenters. The minimum Gasteiger partial charge on any atom is -0.454 e. The van der Waals surface area contributed by atoms with Gasteiger partial charge < -0.3 is 20.1 Å². The van der Waals surface area contributed by atoms with Crippen LogP contribution in [0.4, 0.5) is 0 Å². The Hall–Kier alpha value is -1.26. The first-order chi connectivity index (χ1) is 8.11. The van der Waals surface area contributed by atoms with Crippen molar-refractivity contribution >= 4 is 0 Å². The third-order valence-corrected chi connectivity index (χ3v) is 2.83. The summed E-state index contributed by atoms with van der Waals surface area (Å²) in [4.78, 5) is 0. The van der Waals surface area contributed by atoms with E-state index in [1.165, 1.54) is 5.56 Å². The molecular formula is C13H20N2O2. The summed E-state index contributed by atoms with van der Waals surface area (Å²) in [6.45, 7) is 6.44. The molecule has 0 spiro atoms. The molecule has 2 N–H and O–H groups in total. The monoisotopic (exact) mass is 236 g/mol. The lowest BCUT2D eigenvalue weighted by molar-refractivity contribution is 0.174. The van der Waals surface area contributed by atoms with Crippen LogP contribution in [0, 0.1) is 0 Å². The van der Waals surface area contributed by atoms with Crippen molar-refractivity contribution in [2.45, 2.75) is 25.9 Å². The fourth-order valence-electron chi connectivity index (χ4n) is 1.90. The van der Waals surface area contributed by atoms with Crippen LogP contribution in [0.3, 0.4) is 0 Å². The summed E-state index contributed by atoms with van der Waals surface area (Å²) in [7, 11) is 1.96. The number of rotatable bonds is 5. The van der Waals surface area contributed by atoms with E-state index in [2.05, 4.69) is 30.5 Å². The Bertz CT molecular complexity index is 391. The maximum atomic E-state index is 5.36. The van der Waals surface area contributed by atoms with E-state index in [-0.39, 0.29) is 5.54 Å². The molecule has 0 aliphatic carbocycles. The number of hydrogen-bond acceptors (Lipinski definition) is 4. The summed E-state index contributed by atoms with van der Waals surface area (Å²) >= 11 is 0. The van der Waals surface area contributed by atoms with E-state index in [1.54, 1.807) is 0 Å². The van der Waals surface area contributed by atoms with Crippen molar-refractivity contribution in [2.24, 2.45) is 0 Å². The Morgan fingerprint density at radius 1 is 1.24 bits per heavy atom. The fraction of sp³-hybridized carbons (Fsp3) is 0.538. The average Bonchev–Trinajstić information content (AvgIpc) is 2.73. The second-order valence-corrected chi connectivity index (χ2v) is 4.96. The van der Waals surface area contributed by atoms with Gasteiger partial charge in [0.05, 0.1) is 0 Å². The highest BCUT2D eigenvalue weighted by molar-refractivity contribution is 5.44. The quantitative estimate of drug-likeness (QED) is 0.813. The zero-order valence-electron chi connectivity index (χ0n) is 10.7. The van der Waals surface area contributed by atoms with E-state index in [9.17, 15) is 0 Å². The smallest absolute Gasteiger partial charge is 0.231 e. The van der Waals surface area contributed by atoms with Crippen LogP contribution in [0.2, 0.25) is 0 Å². The minimum absolute atomic E-state index is 0.0745. The van der Waals surface area contributed by atoms with Crippen LogP contribution in [-0.2, 0) is 6.54 Å². The topological polar surface area (TPSA) is 42.5 Å². The second kappa shape index (κ2) is 4.94. The van der Waals surface area contributed by atoms with Gasteiger partial charge >= 0.3 is 0 Å². The molecule has 2 rings (SSSR count). The SMILES string of the molecule is CNCC(C)(C)NCc1ccc2c(c1)OCO2. The molecule has 17 heavy (non-hydrogen) atoms.